The van der Waals surface area contributed by atoms with Crippen molar-refractivity contribution in [3.63, 3.8) is 0 Å². The molecule has 2 heterocycles. The lowest BCUT2D eigenvalue weighted by Crippen LogP contribution is -2.42. The van der Waals surface area contributed by atoms with Crippen molar-refractivity contribution in [3.05, 3.63) is 35.9 Å². The van der Waals surface area contributed by atoms with Gasteiger partial charge in [0.1, 0.15) is 6.04 Å². The van der Waals surface area contributed by atoms with Crippen LogP contribution in [0.15, 0.2) is 30.3 Å². The standard InChI is InChI=1S/C19H26N4O4/c24-17(20-7-9-22-10-12-27-13-11-22)14-16-18(25)23(19(26)21-16)8-6-15-4-2-1-3-5-15/h1-5,16H,6-14H2,(H,20,24)(H,21,26)/t16-/m0/s1. The van der Waals surface area contributed by atoms with E-state index in [0.717, 1.165) is 38.4 Å². The van der Waals surface area contributed by atoms with Crippen molar-refractivity contribution < 1.29 is 19.1 Å². The highest BCUT2D eigenvalue weighted by Crippen LogP contribution is 2.11. The van der Waals surface area contributed by atoms with Gasteiger partial charge in [0.2, 0.25) is 5.91 Å². The number of hydrogen-bond acceptors (Lipinski definition) is 5. The van der Waals surface area contributed by atoms with E-state index in [1.54, 1.807) is 0 Å². The number of nitrogens with zero attached hydrogens (tertiary/aromatic N) is 2. The molecule has 2 saturated heterocycles. The van der Waals surface area contributed by atoms with E-state index in [1.165, 1.54) is 4.90 Å². The molecule has 0 spiro atoms. The van der Waals surface area contributed by atoms with Crippen molar-refractivity contribution in [2.75, 3.05) is 45.9 Å². The van der Waals surface area contributed by atoms with Gasteiger partial charge < -0.3 is 15.4 Å². The van der Waals surface area contributed by atoms with Crippen LogP contribution < -0.4 is 10.6 Å². The first kappa shape index (κ1) is 19.3. The third-order valence-electron chi connectivity index (χ3n) is 4.82. The summed E-state index contributed by atoms with van der Waals surface area (Å²) in [4.78, 5) is 40.0. The first-order valence-electron chi connectivity index (χ1n) is 9.36. The minimum Gasteiger partial charge on any atom is -0.379 e. The number of morpholine rings is 1. The molecular formula is C19H26N4O4. The maximum Gasteiger partial charge on any atom is 0.324 e. The van der Waals surface area contributed by atoms with Gasteiger partial charge >= 0.3 is 6.03 Å². The zero-order chi connectivity index (χ0) is 19.1. The number of rotatable bonds is 8. The predicted octanol–water partition coefficient (Wildman–Crippen LogP) is -0.0120. The zero-order valence-electron chi connectivity index (χ0n) is 15.4. The highest BCUT2D eigenvalue weighted by molar-refractivity contribution is 6.05. The molecule has 27 heavy (non-hydrogen) atoms. The number of imide groups is 1. The molecular weight excluding hydrogens is 348 g/mol. The molecule has 0 radical (unpaired) electrons. The molecule has 8 nitrogen and oxygen atoms in total. The molecule has 2 aliphatic heterocycles. The second-order valence-electron chi connectivity index (χ2n) is 6.74. The average Bonchev–Trinajstić information content (AvgIpc) is 2.94. The zero-order valence-corrected chi connectivity index (χ0v) is 15.4. The molecule has 0 aliphatic carbocycles. The summed E-state index contributed by atoms with van der Waals surface area (Å²) in [6.07, 6.45) is 0.563. The molecule has 0 bridgehead atoms. The van der Waals surface area contributed by atoms with E-state index in [4.69, 9.17) is 4.74 Å². The lowest BCUT2D eigenvalue weighted by molar-refractivity contribution is -0.130. The van der Waals surface area contributed by atoms with Gasteiger partial charge in [-0.1, -0.05) is 30.3 Å². The van der Waals surface area contributed by atoms with Crippen LogP contribution in [0.25, 0.3) is 0 Å². The fraction of sp³-hybridized carbons (Fsp3) is 0.526. The van der Waals surface area contributed by atoms with E-state index in [2.05, 4.69) is 15.5 Å². The van der Waals surface area contributed by atoms with E-state index >= 15 is 0 Å². The molecule has 3 rings (SSSR count). The Hall–Kier alpha value is -2.45. The molecule has 1 aromatic carbocycles. The van der Waals surface area contributed by atoms with Crippen LogP contribution in [-0.4, -0.2) is 79.6 Å². The van der Waals surface area contributed by atoms with Crippen LogP contribution in [0.3, 0.4) is 0 Å². The number of carbonyl (C=O) groups excluding carboxylic acids is 3. The molecule has 8 heteroatoms. The summed E-state index contributed by atoms with van der Waals surface area (Å²) in [5, 5.41) is 5.43. The lowest BCUT2D eigenvalue weighted by atomic mass is 10.1. The normalized spacial score (nSPS) is 20.6. The number of nitrogens with one attached hydrogen (secondary N) is 2. The summed E-state index contributed by atoms with van der Waals surface area (Å²) in [5.41, 5.74) is 1.06. The maximum absolute atomic E-state index is 12.4. The van der Waals surface area contributed by atoms with Crippen LogP contribution in [0.2, 0.25) is 0 Å². The van der Waals surface area contributed by atoms with Crippen LogP contribution in [-0.2, 0) is 20.7 Å². The smallest absolute Gasteiger partial charge is 0.324 e. The van der Waals surface area contributed by atoms with Crippen molar-refractivity contribution >= 4 is 17.8 Å². The quantitative estimate of drug-likeness (QED) is 0.625. The molecule has 0 saturated carbocycles. The van der Waals surface area contributed by atoms with Crippen LogP contribution >= 0.6 is 0 Å². The molecule has 2 N–H and O–H groups in total. The minimum absolute atomic E-state index is 0.0322. The van der Waals surface area contributed by atoms with Crippen molar-refractivity contribution in [1.82, 2.24) is 20.4 Å². The Morgan fingerprint density at radius 2 is 1.89 bits per heavy atom. The number of urea groups is 1. The SMILES string of the molecule is O=C(C[C@@H]1NC(=O)N(CCc2ccccc2)C1=O)NCCN1CCOCC1. The van der Waals surface area contributed by atoms with E-state index in [1.807, 2.05) is 30.3 Å². The monoisotopic (exact) mass is 374 g/mol. The minimum atomic E-state index is -0.781. The maximum atomic E-state index is 12.4. The highest BCUT2D eigenvalue weighted by atomic mass is 16.5. The van der Waals surface area contributed by atoms with Crippen LogP contribution in [0, 0.1) is 0 Å². The molecule has 2 aliphatic rings. The third-order valence-corrected chi connectivity index (χ3v) is 4.82. The molecule has 0 unspecified atom stereocenters. The Morgan fingerprint density at radius 1 is 1.15 bits per heavy atom. The van der Waals surface area contributed by atoms with Gasteiger partial charge in [0, 0.05) is 32.7 Å². The summed E-state index contributed by atoms with van der Waals surface area (Å²) < 4.78 is 5.28. The van der Waals surface area contributed by atoms with Gasteiger partial charge in [0.15, 0.2) is 0 Å². The Kier molecular flexibility index (Phi) is 6.78. The Labute approximate surface area is 158 Å². The second kappa shape index (κ2) is 9.48. The molecule has 146 valence electrons. The molecule has 1 aromatic rings. The lowest BCUT2D eigenvalue weighted by Gasteiger charge is -2.26. The van der Waals surface area contributed by atoms with Gasteiger partial charge in [0.25, 0.3) is 5.91 Å². The van der Waals surface area contributed by atoms with E-state index < -0.39 is 12.1 Å². The number of amides is 4. The van der Waals surface area contributed by atoms with E-state index in [-0.39, 0.29) is 18.2 Å². The summed E-state index contributed by atoms with van der Waals surface area (Å²) in [5.74, 6) is -0.564. The van der Waals surface area contributed by atoms with Crippen molar-refractivity contribution in [3.8, 4) is 0 Å². The summed E-state index contributed by atoms with van der Waals surface area (Å²) in [7, 11) is 0. The fourth-order valence-corrected chi connectivity index (χ4v) is 3.25. The fourth-order valence-electron chi connectivity index (χ4n) is 3.25. The van der Waals surface area contributed by atoms with Gasteiger partial charge in [-0.05, 0) is 12.0 Å². The molecule has 2 fully saturated rings. The number of ether oxygens (including phenoxy) is 1. The van der Waals surface area contributed by atoms with Crippen molar-refractivity contribution in [2.45, 2.75) is 18.9 Å². The van der Waals surface area contributed by atoms with Crippen LogP contribution in [0.4, 0.5) is 4.79 Å². The largest absolute Gasteiger partial charge is 0.379 e. The number of benzene rings is 1. The molecule has 1 atom stereocenters. The summed E-state index contributed by atoms with van der Waals surface area (Å²) in [6, 6.07) is 8.47. The average molecular weight is 374 g/mol. The predicted molar refractivity (Wildman–Crippen MR) is 99.1 cm³/mol. The second-order valence-corrected chi connectivity index (χ2v) is 6.74. The van der Waals surface area contributed by atoms with Gasteiger partial charge in [0.05, 0.1) is 19.6 Å². The summed E-state index contributed by atoms with van der Waals surface area (Å²) >= 11 is 0. The number of hydrogen-bond donors (Lipinski definition) is 2. The van der Waals surface area contributed by atoms with Crippen molar-refractivity contribution in [2.24, 2.45) is 0 Å². The van der Waals surface area contributed by atoms with E-state index in [0.29, 0.717) is 19.5 Å². The van der Waals surface area contributed by atoms with Gasteiger partial charge in [-0.3, -0.25) is 19.4 Å². The van der Waals surface area contributed by atoms with Gasteiger partial charge in [-0.15, -0.1) is 0 Å². The molecule has 4 amide bonds. The Balaban J connectivity index is 1.40. The number of carbonyl (C=O) groups is 3. The Morgan fingerprint density at radius 3 is 2.63 bits per heavy atom. The van der Waals surface area contributed by atoms with Crippen LogP contribution in [0.1, 0.15) is 12.0 Å². The van der Waals surface area contributed by atoms with Crippen LogP contribution in [0.5, 0.6) is 0 Å². The third kappa shape index (κ3) is 5.51. The van der Waals surface area contributed by atoms with E-state index in [9.17, 15) is 14.4 Å². The Bertz CT molecular complexity index is 661. The first-order chi connectivity index (χ1) is 13.1. The summed E-state index contributed by atoms with van der Waals surface area (Å²) in [6.45, 7) is 4.75. The van der Waals surface area contributed by atoms with Gasteiger partial charge in [-0.25, -0.2) is 4.79 Å². The van der Waals surface area contributed by atoms with Gasteiger partial charge in [-0.2, -0.15) is 0 Å². The topological polar surface area (TPSA) is 91.0 Å². The first-order valence-corrected chi connectivity index (χ1v) is 9.36. The molecule has 0 aromatic heterocycles. The highest BCUT2D eigenvalue weighted by Gasteiger charge is 2.38. The van der Waals surface area contributed by atoms with Crippen molar-refractivity contribution in [1.29, 1.82) is 0 Å².